The highest BCUT2D eigenvalue weighted by Crippen LogP contribution is 2.30. The molecule has 1 aliphatic heterocycles. The second-order valence-corrected chi connectivity index (χ2v) is 8.79. The molecule has 9 heteroatoms. The van der Waals surface area contributed by atoms with Crippen LogP contribution in [0.15, 0.2) is 48.7 Å². The fourth-order valence-corrected chi connectivity index (χ4v) is 4.39. The standard InChI is InChI=1S/C25H25Cl2FN4O2/c26-20-6-7-21(28)23(27)19(20)8-13-34-22-14-18(15-31-24(22)29)16-2-4-17(5-3-16)25(33)32-11-1-9-30-10-12-32/h2-7,14-15,30H,1,8-13H2,(H2,29,31). The molecule has 34 heavy (non-hydrogen) atoms. The number of nitrogen functional groups attached to an aromatic ring is 1. The average molecular weight is 503 g/mol. The molecule has 6 nitrogen and oxygen atoms in total. The Balaban J connectivity index is 1.44. The molecule has 0 atom stereocenters. The monoisotopic (exact) mass is 502 g/mol. The average Bonchev–Trinajstić information content (AvgIpc) is 3.14. The summed E-state index contributed by atoms with van der Waals surface area (Å²) in [6.45, 7) is 3.38. The van der Waals surface area contributed by atoms with Crippen molar-refractivity contribution in [1.29, 1.82) is 0 Å². The van der Waals surface area contributed by atoms with Crippen LogP contribution in [-0.4, -0.2) is 48.6 Å². The molecule has 1 fully saturated rings. The van der Waals surface area contributed by atoms with Gasteiger partial charge in [-0.25, -0.2) is 9.37 Å². The maximum atomic E-state index is 13.7. The number of nitrogens with two attached hydrogens (primary N) is 1. The molecule has 1 saturated heterocycles. The number of hydrogen-bond acceptors (Lipinski definition) is 5. The van der Waals surface area contributed by atoms with Gasteiger partial charge in [-0.3, -0.25) is 4.79 Å². The molecule has 0 unspecified atom stereocenters. The van der Waals surface area contributed by atoms with Gasteiger partial charge in [0.25, 0.3) is 5.91 Å². The lowest BCUT2D eigenvalue weighted by atomic mass is 10.0. The van der Waals surface area contributed by atoms with Crippen LogP contribution in [0.3, 0.4) is 0 Å². The molecular weight excluding hydrogens is 478 g/mol. The number of hydrogen-bond donors (Lipinski definition) is 2. The third-order valence-electron chi connectivity index (χ3n) is 5.72. The first kappa shape index (κ1) is 24.3. The Kier molecular flexibility index (Phi) is 7.88. The van der Waals surface area contributed by atoms with Crippen molar-refractivity contribution in [2.45, 2.75) is 12.8 Å². The summed E-state index contributed by atoms with van der Waals surface area (Å²) >= 11 is 12.2. The fraction of sp³-hybridized carbons (Fsp3) is 0.280. The maximum Gasteiger partial charge on any atom is 0.253 e. The van der Waals surface area contributed by atoms with E-state index in [1.807, 2.05) is 29.2 Å². The van der Waals surface area contributed by atoms with Gasteiger partial charge in [0.05, 0.1) is 11.6 Å². The number of nitrogens with zero attached hydrogens (tertiary/aromatic N) is 2. The van der Waals surface area contributed by atoms with E-state index in [1.165, 1.54) is 12.1 Å². The number of halogens is 3. The second kappa shape index (κ2) is 11.0. The van der Waals surface area contributed by atoms with Gasteiger partial charge in [0.2, 0.25) is 0 Å². The van der Waals surface area contributed by atoms with Crippen LogP contribution in [0.4, 0.5) is 10.2 Å². The molecule has 0 radical (unpaired) electrons. The zero-order chi connectivity index (χ0) is 24.1. The summed E-state index contributed by atoms with van der Waals surface area (Å²) in [6, 6.07) is 11.9. The Hall–Kier alpha value is -2.87. The van der Waals surface area contributed by atoms with Gasteiger partial charge >= 0.3 is 0 Å². The van der Waals surface area contributed by atoms with Crippen LogP contribution in [0.25, 0.3) is 11.1 Å². The van der Waals surface area contributed by atoms with E-state index in [4.69, 9.17) is 33.7 Å². The highest BCUT2D eigenvalue weighted by molar-refractivity contribution is 6.36. The molecule has 1 aromatic heterocycles. The predicted octanol–water partition coefficient (Wildman–Crippen LogP) is 4.83. The van der Waals surface area contributed by atoms with Gasteiger partial charge < -0.3 is 20.7 Å². The van der Waals surface area contributed by atoms with Gasteiger partial charge in [0.15, 0.2) is 11.6 Å². The molecule has 4 rings (SSSR count). The number of anilines is 1. The van der Waals surface area contributed by atoms with E-state index in [0.29, 0.717) is 34.9 Å². The smallest absolute Gasteiger partial charge is 0.253 e. The number of carbonyl (C=O) groups excluding carboxylic acids is 1. The van der Waals surface area contributed by atoms with Crippen LogP contribution >= 0.6 is 23.2 Å². The number of benzene rings is 2. The van der Waals surface area contributed by atoms with E-state index >= 15 is 0 Å². The van der Waals surface area contributed by atoms with Crippen molar-refractivity contribution in [3.8, 4) is 16.9 Å². The van der Waals surface area contributed by atoms with Gasteiger partial charge in [0, 0.05) is 48.4 Å². The van der Waals surface area contributed by atoms with Crippen molar-refractivity contribution < 1.29 is 13.9 Å². The number of ether oxygens (including phenoxy) is 1. The number of amides is 1. The van der Waals surface area contributed by atoms with Crippen molar-refractivity contribution >= 4 is 34.9 Å². The minimum atomic E-state index is -0.529. The Bertz CT molecular complexity index is 1170. The van der Waals surface area contributed by atoms with Crippen molar-refractivity contribution in [2.24, 2.45) is 0 Å². The quantitative estimate of drug-likeness (QED) is 0.471. The van der Waals surface area contributed by atoms with Gasteiger partial charge in [-0.15, -0.1) is 0 Å². The molecule has 1 aliphatic rings. The number of rotatable bonds is 6. The molecule has 0 bridgehead atoms. The van der Waals surface area contributed by atoms with Gasteiger partial charge in [-0.2, -0.15) is 0 Å². The Labute approximate surface area is 207 Å². The Morgan fingerprint density at radius 3 is 2.71 bits per heavy atom. The van der Waals surface area contributed by atoms with Crippen LogP contribution in [0.5, 0.6) is 5.75 Å². The molecule has 178 valence electrons. The molecule has 1 amide bonds. The largest absolute Gasteiger partial charge is 0.489 e. The molecule has 0 aliphatic carbocycles. The minimum Gasteiger partial charge on any atom is -0.489 e. The van der Waals surface area contributed by atoms with Gasteiger partial charge in [0.1, 0.15) is 5.82 Å². The molecule has 2 heterocycles. The zero-order valence-electron chi connectivity index (χ0n) is 18.5. The van der Waals surface area contributed by atoms with Gasteiger partial charge in [-0.05, 0) is 54.4 Å². The van der Waals surface area contributed by atoms with E-state index in [1.54, 1.807) is 12.3 Å². The van der Waals surface area contributed by atoms with E-state index in [9.17, 15) is 9.18 Å². The number of nitrogens with one attached hydrogen (secondary N) is 1. The zero-order valence-corrected chi connectivity index (χ0v) is 20.0. The van der Waals surface area contributed by atoms with Crippen molar-refractivity contribution in [1.82, 2.24) is 15.2 Å². The van der Waals surface area contributed by atoms with Gasteiger partial charge in [-0.1, -0.05) is 35.3 Å². The SMILES string of the molecule is Nc1ncc(-c2ccc(C(=O)N3CCCNCC3)cc2)cc1OCCc1c(Cl)ccc(F)c1Cl. The summed E-state index contributed by atoms with van der Waals surface area (Å²) in [7, 11) is 0. The minimum absolute atomic E-state index is 0.0120. The third-order valence-corrected chi connectivity index (χ3v) is 6.49. The van der Waals surface area contributed by atoms with Crippen LogP contribution in [-0.2, 0) is 6.42 Å². The molecule has 3 aromatic rings. The molecule has 0 spiro atoms. The Morgan fingerprint density at radius 1 is 1.12 bits per heavy atom. The van der Waals surface area contributed by atoms with E-state index in [0.717, 1.165) is 37.2 Å². The number of pyridine rings is 1. The molecule has 2 aromatic carbocycles. The number of carbonyl (C=O) groups is 1. The summed E-state index contributed by atoms with van der Waals surface area (Å²) < 4.78 is 19.5. The maximum absolute atomic E-state index is 13.7. The summed E-state index contributed by atoms with van der Waals surface area (Å²) in [5.41, 5.74) is 8.79. The lowest BCUT2D eigenvalue weighted by Crippen LogP contribution is -2.34. The number of aromatic nitrogens is 1. The van der Waals surface area contributed by atoms with E-state index in [-0.39, 0.29) is 23.4 Å². The summed E-state index contributed by atoms with van der Waals surface area (Å²) in [6.07, 6.45) is 2.91. The highest BCUT2D eigenvalue weighted by Gasteiger charge is 2.17. The highest BCUT2D eigenvalue weighted by atomic mass is 35.5. The lowest BCUT2D eigenvalue weighted by Gasteiger charge is -2.20. The Morgan fingerprint density at radius 2 is 1.91 bits per heavy atom. The first-order valence-electron chi connectivity index (χ1n) is 11.0. The first-order chi connectivity index (χ1) is 16.4. The molecular formula is C25H25Cl2FN4O2. The lowest BCUT2D eigenvalue weighted by molar-refractivity contribution is 0.0766. The van der Waals surface area contributed by atoms with Crippen molar-refractivity contribution in [3.63, 3.8) is 0 Å². The van der Waals surface area contributed by atoms with Crippen LogP contribution < -0.4 is 15.8 Å². The molecule has 0 saturated carbocycles. The summed E-state index contributed by atoms with van der Waals surface area (Å²) in [5.74, 6) is 0.142. The first-order valence-corrected chi connectivity index (χ1v) is 11.8. The third kappa shape index (κ3) is 5.60. The predicted molar refractivity (Wildman–Crippen MR) is 133 cm³/mol. The fourth-order valence-electron chi connectivity index (χ4n) is 3.83. The summed E-state index contributed by atoms with van der Waals surface area (Å²) in [4.78, 5) is 18.9. The van der Waals surface area contributed by atoms with Crippen LogP contribution in [0.2, 0.25) is 10.0 Å². The van der Waals surface area contributed by atoms with E-state index in [2.05, 4.69) is 10.3 Å². The normalized spacial score (nSPS) is 14.0. The second-order valence-electron chi connectivity index (χ2n) is 8.00. The van der Waals surface area contributed by atoms with E-state index < -0.39 is 5.82 Å². The van der Waals surface area contributed by atoms with Crippen LogP contribution in [0.1, 0.15) is 22.3 Å². The van der Waals surface area contributed by atoms with Crippen molar-refractivity contribution in [2.75, 3.05) is 38.5 Å². The van der Waals surface area contributed by atoms with Crippen LogP contribution in [0, 0.1) is 5.82 Å². The van der Waals surface area contributed by atoms with Crippen molar-refractivity contribution in [3.05, 3.63) is 75.7 Å². The molecule has 3 N–H and O–H groups in total. The summed E-state index contributed by atoms with van der Waals surface area (Å²) in [5, 5.41) is 3.67. The topological polar surface area (TPSA) is 80.5 Å².